The Morgan fingerprint density at radius 3 is 2.34 bits per heavy atom. The number of carbonyl (C=O) groups is 1. The second kappa shape index (κ2) is 10.1. The van der Waals surface area contributed by atoms with E-state index in [1.807, 2.05) is 30.9 Å². The zero-order chi connectivity index (χ0) is 20.8. The molecule has 2 atom stereocenters. The van der Waals surface area contributed by atoms with E-state index in [-0.39, 0.29) is 17.1 Å². The highest BCUT2D eigenvalue weighted by Crippen LogP contribution is 2.22. The number of benzene rings is 1. The van der Waals surface area contributed by atoms with Gasteiger partial charge in [0.2, 0.25) is 0 Å². The lowest BCUT2D eigenvalue weighted by Crippen LogP contribution is -2.35. The fraction of sp³-hybridized carbons (Fsp3) is 0.478. The maximum Gasteiger partial charge on any atom is 0.255 e. The third kappa shape index (κ3) is 5.73. The van der Waals surface area contributed by atoms with Crippen LogP contribution in [0.4, 0.5) is 0 Å². The third-order valence-electron chi connectivity index (χ3n) is 5.39. The minimum absolute atomic E-state index is 0.0826. The molecule has 1 aromatic carbocycles. The molecular formula is C23H31N3O2S. The van der Waals surface area contributed by atoms with E-state index in [9.17, 15) is 9.00 Å². The van der Waals surface area contributed by atoms with Gasteiger partial charge in [-0.05, 0) is 56.7 Å². The molecule has 0 spiro atoms. The van der Waals surface area contributed by atoms with E-state index in [4.69, 9.17) is 0 Å². The first kappa shape index (κ1) is 21.7. The van der Waals surface area contributed by atoms with Crippen LogP contribution in [0.5, 0.6) is 0 Å². The van der Waals surface area contributed by atoms with Gasteiger partial charge in [-0.2, -0.15) is 0 Å². The van der Waals surface area contributed by atoms with E-state index in [1.165, 1.54) is 12.0 Å². The van der Waals surface area contributed by atoms with E-state index >= 15 is 0 Å². The molecule has 29 heavy (non-hydrogen) atoms. The highest BCUT2D eigenvalue weighted by atomic mass is 32.2. The minimum Gasteiger partial charge on any atom is -0.339 e. The summed E-state index contributed by atoms with van der Waals surface area (Å²) in [7, 11) is -1.000. The molecule has 1 aromatic heterocycles. The van der Waals surface area contributed by atoms with Gasteiger partial charge in [0.25, 0.3) is 5.91 Å². The number of pyridine rings is 1. The largest absolute Gasteiger partial charge is 0.339 e. The van der Waals surface area contributed by atoms with Gasteiger partial charge in [-0.25, -0.2) is 8.93 Å². The topological polar surface area (TPSA) is 62.3 Å². The lowest BCUT2D eigenvalue weighted by atomic mass is 9.99. The van der Waals surface area contributed by atoms with Gasteiger partial charge in [-0.15, -0.1) is 0 Å². The highest BCUT2D eigenvalue weighted by molar-refractivity contribution is 7.83. The molecule has 2 unspecified atom stereocenters. The van der Waals surface area contributed by atoms with Gasteiger partial charge >= 0.3 is 0 Å². The summed E-state index contributed by atoms with van der Waals surface area (Å²) in [4.78, 5) is 19.0. The number of aromatic nitrogens is 1. The fourth-order valence-corrected chi connectivity index (χ4v) is 4.19. The second-order valence-electron chi connectivity index (χ2n) is 8.00. The zero-order valence-corrected chi connectivity index (χ0v) is 18.4. The lowest BCUT2D eigenvalue weighted by molar-refractivity contribution is 0.0724. The van der Waals surface area contributed by atoms with Gasteiger partial charge < -0.3 is 4.90 Å². The van der Waals surface area contributed by atoms with E-state index in [0.717, 1.165) is 37.2 Å². The summed E-state index contributed by atoms with van der Waals surface area (Å²) < 4.78 is 15.0. The molecule has 1 amide bonds. The van der Waals surface area contributed by atoms with E-state index in [2.05, 4.69) is 40.9 Å². The first-order chi connectivity index (χ1) is 14.0. The van der Waals surface area contributed by atoms with Gasteiger partial charge in [-0.3, -0.25) is 9.78 Å². The summed E-state index contributed by atoms with van der Waals surface area (Å²) in [5, 5.41) is 0.111. The molecule has 3 rings (SSSR count). The number of carbonyl (C=O) groups excluding carboxylic acids is 1. The van der Waals surface area contributed by atoms with Crippen molar-refractivity contribution in [2.24, 2.45) is 0 Å². The van der Waals surface area contributed by atoms with Crippen LogP contribution in [0.15, 0.2) is 42.6 Å². The molecule has 1 fully saturated rings. The van der Waals surface area contributed by atoms with Crippen molar-refractivity contribution in [3.8, 4) is 11.3 Å². The van der Waals surface area contributed by atoms with E-state index in [0.29, 0.717) is 12.1 Å². The molecular weight excluding hydrogens is 382 g/mol. The fourth-order valence-electron chi connectivity index (χ4n) is 3.44. The van der Waals surface area contributed by atoms with Crippen LogP contribution in [-0.4, -0.2) is 44.9 Å². The number of amides is 1. The molecule has 1 aliphatic rings. The standard InChI is InChI=1S/C23H31N3O2S/c1-17(2)29(28)25-15-18(3)19-7-9-20(10-8-19)22-12-11-21(16-24-22)23(27)26-13-5-4-6-14-26/h7-12,16-18,25H,4-6,13-15H2,1-3H3. The summed E-state index contributed by atoms with van der Waals surface area (Å²) in [6.45, 7) is 8.38. The predicted octanol–water partition coefficient (Wildman–Crippen LogP) is 4.14. The van der Waals surface area contributed by atoms with Crippen molar-refractivity contribution in [1.29, 1.82) is 0 Å². The molecule has 156 valence electrons. The molecule has 5 nitrogen and oxygen atoms in total. The number of nitrogens with zero attached hydrogens (tertiary/aromatic N) is 2. The number of hydrogen-bond acceptors (Lipinski definition) is 3. The van der Waals surface area contributed by atoms with Crippen molar-refractivity contribution in [1.82, 2.24) is 14.6 Å². The highest BCUT2D eigenvalue weighted by Gasteiger charge is 2.18. The van der Waals surface area contributed by atoms with Crippen molar-refractivity contribution in [2.45, 2.75) is 51.2 Å². The second-order valence-corrected chi connectivity index (χ2v) is 9.83. The normalized spacial score (nSPS) is 16.6. The first-order valence-corrected chi connectivity index (χ1v) is 11.7. The van der Waals surface area contributed by atoms with Crippen LogP contribution in [0.25, 0.3) is 11.3 Å². The average molecular weight is 414 g/mol. The monoisotopic (exact) mass is 413 g/mol. The summed E-state index contributed by atoms with van der Waals surface area (Å²) in [6.07, 6.45) is 5.07. The number of nitrogens with one attached hydrogen (secondary N) is 1. The Morgan fingerprint density at radius 1 is 1.07 bits per heavy atom. The van der Waals surface area contributed by atoms with Gasteiger partial charge in [-0.1, -0.05) is 31.2 Å². The Morgan fingerprint density at radius 2 is 1.76 bits per heavy atom. The van der Waals surface area contributed by atoms with Crippen molar-refractivity contribution in [2.75, 3.05) is 19.6 Å². The van der Waals surface area contributed by atoms with Gasteiger partial charge in [0.15, 0.2) is 0 Å². The quantitative estimate of drug-likeness (QED) is 0.742. The summed E-state index contributed by atoms with van der Waals surface area (Å²) in [5.74, 6) is 0.350. The van der Waals surface area contributed by atoms with E-state index < -0.39 is 11.0 Å². The van der Waals surface area contributed by atoms with Crippen molar-refractivity contribution < 1.29 is 9.00 Å². The Bertz CT molecular complexity index is 828. The molecule has 0 aliphatic carbocycles. The number of hydrogen-bond donors (Lipinski definition) is 1. The Kier molecular flexibility index (Phi) is 7.56. The number of rotatable bonds is 7. The molecule has 2 heterocycles. The van der Waals surface area contributed by atoms with Crippen LogP contribution in [0.1, 0.15) is 61.9 Å². The first-order valence-electron chi connectivity index (χ1n) is 10.5. The number of piperidine rings is 1. The smallest absolute Gasteiger partial charge is 0.255 e. The molecule has 2 aromatic rings. The van der Waals surface area contributed by atoms with Crippen LogP contribution in [0.3, 0.4) is 0 Å². The van der Waals surface area contributed by atoms with Crippen LogP contribution >= 0.6 is 0 Å². The Labute approximate surface area is 176 Å². The molecule has 6 heteroatoms. The van der Waals surface area contributed by atoms with Gasteiger partial charge in [0.05, 0.1) is 22.2 Å². The van der Waals surface area contributed by atoms with Gasteiger partial charge in [0.1, 0.15) is 0 Å². The van der Waals surface area contributed by atoms with Crippen LogP contribution in [0, 0.1) is 0 Å². The zero-order valence-electron chi connectivity index (χ0n) is 17.6. The van der Waals surface area contributed by atoms with Crippen molar-refractivity contribution in [3.05, 3.63) is 53.7 Å². The average Bonchev–Trinajstić information content (AvgIpc) is 2.77. The predicted molar refractivity (Wildman–Crippen MR) is 119 cm³/mol. The summed E-state index contributed by atoms with van der Waals surface area (Å²) in [6, 6.07) is 12.1. The lowest BCUT2D eigenvalue weighted by Gasteiger charge is -2.26. The maximum atomic E-state index is 12.6. The third-order valence-corrected chi connectivity index (χ3v) is 6.70. The van der Waals surface area contributed by atoms with E-state index in [1.54, 1.807) is 6.20 Å². The van der Waals surface area contributed by atoms with Crippen LogP contribution < -0.4 is 4.72 Å². The molecule has 1 aliphatic heterocycles. The molecule has 0 saturated carbocycles. The SMILES string of the molecule is CC(CNS(=O)C(C)C)c1ccc(-c2ccc(C(=O)N3CCCCC3)cn2)cc1. The molecule has 1 N–H and O–H groups in total. The molecule has 1 saturated heterocycles. The van der Waals surface area contributed by atoms with Crippen LogP contribution in [-0.2, 0) is 11.0 Å². The molecule has 0 bridgehead atoms. The maximum absolute atomic E-state index is 12.6. The summed E-state index contributed by atoms with van der Waals surface area (Å²) in [5.41, 5.74) is 3.74. The summed E-state index contributed by atoms with van der Waals surface area (Å²) >= 11 is 0. The van der Waals surface area contributed by atoms with Crippen molar-refractivity contribution in [3.63, 3.8) is 0 Å². The Balaban J connectivity index is 1.62. The van der Waals surface area contributed by atoms with Gasteiger partial charge in [0, 0.05) is 36.6 Å². The number of likely N-dealkylation sites (tertiary alicyclic amines) is 1. The minimum atomic E-state index is -1.000. The molecule has 0 radical (unpaired) electrons. The van der Waals surface area contributed by atoms with Crippen molar-refractivity contribution >= 4 is 16.9 Å². The van der Waals surface area contributed by atoms with Crippen LogP contribution in [0.2, 0.25) is 0 Å². The Hall–Kier alpha value is -2.05.